The van der Waals surface area contributed by atoms with E-state index >= 15 is 0 Å². The molecule has 0 unspecified atom stereocenters. The van der Waals surface area contributed by atoms with Crippen LogP contribution in [0.25, 0.3) is 11.3 Å². The number of halogens is 4. The van der Waals surface area contributed by atoms with Crippen molar-refractivity contribution < 1.29 is 17.7 Å². The second kappa shape index (κ2) is 3.83. The summed E-state index contributed by atoms with van der Waals surface area (Å²) in [5, 5.41) is 3.45. The molecule has 1 aromatic carbocycles. The van der Waals surface area contributed by atoms with Crippen LogP contribution >= 0.6 is 11.6 Å². The van der Waals surface area contributed by atoms with Crippen molar-refractivity contribution in [2.24, 2.45) is 0 Å². The van der Waals surface area contributed by atoms with Crippen molar-refractivity contribution in [1.82, 2.24) is 5.16 Å². The summed E-state index contributed by atoms with van der Waals surface area (Å²) in [6.45, 7) is 0. The van der Waals surface area contributed by atoms with E-state index in [4.69, 9.17) is 11.6 Å². The maximum absolute atomic E-state index is 12.2. The number of hydrogen-bond donors (Lipinski definition) is 0. The van der Waals surface area contributed by atoms with Gasteiger partial charge in [0.25, 0.3) is 0 Å². The first kappa shape index (κ1) is 11.0. The van der Waals surface area contributed by atoms with Crippen molar-refractivity contribution in [3.63, 3.8) is 0 Å². The first-order chi connectivity index (χ1) is 7.47. The summed E-state index contributed by atoms with van der Waals surface area (Å²) in [4.78, 5) is 0. The lowest BCUT2D eigenvalue weighted by molar-refractivity contribution is -0.142. The summed E-state index contributed by atoms with van der Waals surface area (Å²) in [5.41, 5.74) is -0.551. The van der Waals surface area contributed by atoms with Crippen LogP contribution in [0.5, 0.6) is 0 Å². The lowest BCUT2D eigenvalue weighted by Crippen LogP contribution is -2.04. The highest BCUT2D eigenvalue weighted by Crippen LogP contribution is 2.31. The molecule has 0 radical (unpaired) electrons. The predicted molar refractivity (Wildman–Crippen MR) is 52.0 cm³/mol. The Balaban J connectivity index is 2.35. The zero-order valence-corrected chi connectivity index (χ0v) is 8.51. The summed E-state index contributed by atoms with van der Waals surface area (Å²) < 4.78 is 41.3. The molecule has 1 aromatic heterocycles. The van der Waals surface area contributed by atoms with Gasteiger partial charge in [0.15, 0.2) is 11.5 Å². The van der Waals surface area contributed by atoms with Crippen LogP contribution in [0, 0.1) is 0 Å². The Labute approximate surface area is 93.6 Å². The monoisotopic (exact) mass is 247 g/mol. The number of nitrogens with zero attached hydrogens (tertiary/aromatic N) is 1. The summed E-state index contributed by atoms with van der Waals surface area (Å²) in [6, 6.07) is 7.09. The van der Waals surface area contributed by atoms with E-state index in [0.717, 1.165) is 6.07 Å². The fourth-order valence-corrected chi connectivity index (χ4v) is 1.28. The molecule has 0 aliphatic carbocycles. The predicted octanol–water partition coefficient (Wildman–Crippen LogP) is 4.01. The standard InChI is InChI=1S/C10H5ClF3NO/c11-7-3-1-6(2-4-7)8-5-9(15-16-8)10(12,13)14/h1-5H. The largest absolute Gasteiger partial charge is 0.436 e. The van der Waals surface area contributed by atoms with Gasteiger partial charge in [-0.15, -0.1) is 0 Å². The molecule has 0 N–H and O–H groups in total. The lowest BCUT2D eigenvalue weighted by atomic mass is 10.1. The third-order valence-corrected chi connectivity index (χ3v) is 2.18. The third-order valence-electron chi connectivity index (χ3n) is 1.93. The van der Waals surface area contributed by atoms with E-state index in [1.54, 1.807) is 24.3 Å². The fraction of sp³-hybridized carbons (Fsp3) is 0.100. The molecule has 0 saturated heterocycles. The van der Waals surface area contributed by atoms with E-state index in [2.05, 4.69) is 9.68 Å². The highest BCUT2D eigenvalue weighted by Gasteiger charge is 2.35. The SMILES string of the molecule is FC(F)(F)c1cc(-c2ccc(Cl)cc2)on1. The fourth-order valence-electron chi connectivity index (χ4n) is 1.16. The topological polar surface area (TPSA) is 26.0 Å². The average molecular weight is 248 g/mol. The molecule has 0 fully saturated rings. The smallest absolute Gasteiger partial charge is 0.356 e. The Bertz CT molecular complexity index is 490. The maximum atomic E-state index is 12.2. The van der Waals surface area contributed by atoms with Crippen LogP contribution in [-0.2, 0) is 6.18 Å². The molecular formula is C10H5ClF3NO. The van der Waals surface area contributed by atoms with Crippen molar-refractivity contribution in [3.8, 4) is 11.3 Å². The van der Waals surface area contributed by atoms with Gasteiger partial charge in [-0.25, -0.2) is 0 Å². The second-order valence-electron chi connectivity index (χ2n) is 3.08. The molecule has 16 heavy (non-hydrogen) atoms. The summed E-state index contributed by atoms with van der Waals surface area (Å²) in [7, 11) is 0. The van der Waals surface area contributed by atoms with Gasteiger partial charge in [0.1, 0.15) is 0 Å². The van der Waals surface area contributed by atoms with Gasteiger partial charge in [-0.1, -0.05) is 16.8 Å². The molecule has 6 heteroatoms. The number of benzene rings is 1. The summed E-state index contributed by atoms with van der Waals surface area (Å²) in [5.74, 6) is 0.0593. The first-order valence-corrected chi connectivity index (χ1v) is 4.64. The Hall–Kier alpha value is -1.49. The molecule has 0 amide bonds. The Morgan fingerprint density at radius 3 is 2.25 bits per heavy atom. The van der Waals surface area contributed by atoms with Gasteiger partial charge in [-0.3, -0.25) is 0 Å². The first-order valence-electron chi connectivity index (χ1n) is 4.26. The van der Waals surface area contributed by atoms with Crippen molar-refractivity contribution in [1.29, 1.82) is 0 Å². The van der Waals surface area contributed by atoms with Gasteiger partial charge in [-0.05, 0) is 24.3 Å². The van der Waals surface area contributed by atoms with Crippen LogP contribution < -0.4 is 0 Å². The van der Waals surface area contributed by atoms with E-state index in [1.165, 1.54) is 0 Å². The van der Waals surface area contributed by atoms with Crippen molar-refractivity contribution >= 4 is 11.6 Å². The molecule has 0 saturated carbocycles. The van der Waals surface area contributed by atoms with Gasteiger partial charge in [-0.2, -0.15) is 13.2 Å². The number of alkyl halides is 3. The number of aromatic nitrogens is 1. The average Bonchev–Trinajstić information content (AvgIpc) is 2.67. The molecule has 0 aliphatic heterocycles. The molecule has 0 aliphatic rings. The molecule has 84 valence electrons. The van der Waals surface area contributed by atoms with Gasteiger partial charge in [0.2, 0.25) is 0 Å². The minimum Gasteiger partial charge on any atom is -0.356 e. The zero-order valence-electron chi connectivity index (χ0n) is 7.75. The minimum absolute atomic E-state index is 0.0593. The van der Waals surface area contributed by atoms with E-state index in [0.29, 0.717) is 10.6 Å². The number of rotatable bonds is 1. The highest BCUT2D eigenvalue weighted by molar-refractivity contribution is 6.30. The molecule has 1 heterocycles. The minimum atomic E-state index is -4.49. The van der Waals surface area contributed by atoms with Crippen LogP contribution in [0.1, 0.15) is 5.69 Å². The van der Waals surface area contributed by atoms with Gasteiger partial charge in [0, 0.05) is 16.7 Å². The lowest BCUT2D eigenvalue weighted by Gasteiger charge is -1.97. The van der Waals surface area contributed by atoms with Gasteiger partial charge in [0.05, 0.1) is 0 Å². The normalized spacial score (nSPS) is 11.8. The molecule has 2 nitrogen and oxygen atoms in total. The van der Waals surface area contributed by atoms with Crippen molar-refractivity contribution in [2.75, 3.05) is 0 Å². The Morgan fingerprint density at radius 2 is 1.75 bits per heavy atom. The molecule has 2 aromatic rings. The molecule has 2 rings (SSSR count). The maximum Gasteiger partial charge on any atom is 0.436 e. The summed E-state index contributed by atoms with van der Waals surface area (Å²) >= 11 is 5.65. The third kappa shape index (κ3) is 2.19. The van der Waals surface area contributed by atoms with Crippen LogP contribution in [0.2, 0.25) is 5.02 Å². The Morgan fingerprint density at radius 1 is 1.12 bits per heavy atom. The van der Waals surface area contributed by atoms with Gasteiger partial charge < -0.3 is 4.52 Å². The number of hydrogen-bond acceptors (Lipinski definition) is 2. The van der Waals surface area contributed by atoms with E-state index < -0.39 is 11.9 Å². The Kier molecular flexibility index (Phi) is 2.63. The molecular weight excluding hydrogens is 243 g/mol. The van der Waals surface area contributed by atoms with Gasteiger partial charge >= 0.3 is 6.18 Å². The molecule has 0 bridgehead atoms. The zero-order chi connectivity index (χ0) is 11.8. The second-order valence-corrected chi connectivity index (χ2v) is 3.52. The van der Waals surface area contributed by atoms with Crippen molar-refractivity contribution in [3.05, 3.63) is 41.0 Å². The van der Waals surface area contributed by atoms with E-state index in [-0.39, 0.29) is 5.76 Å². The van der Waals surface area contributed by atoms with E-state index in [1.807, 2.05) is 0 Å². The van der Waals surface area contributed by atoms with Crippen LogP contribution in [0.15, 0.2) is 34.9 Å². The van der Waals surface area contributed by atoms with Crippen LogP contribution in [0.4, 0.5) is 13.2 Å². The van der Waals surface area contributed by atoms with Crippen LogP contribution in [-0.4, -0.2) is 5.16 Å². The summed E-state index contributed by atoms with van der Waals surface area (Å²) in [6.07, 6.45) is -4.49. The highest BCUT2D eigenvalue weighted by atomic mass is 35.5. The quantitative estimate of drug-likeness (QED) is 0.761. The van der Waals surface area contributed by atoms with E-state index in [9.17, 15) is 13.2 Å². The molecule has 0 atom stereocenters. The van der Waals surface area contributed by atoms with Crippen molar-refractivity contribution in [2.45, 2.75) is 6.18 Å². The molecule has 0 spiro atoms. The van der Waals surface area contributed by atoms with Crippen LogP contribution in [0.3, 0.4) is 0 Å².